The Labute approximate surface area is 118 Å². The van der Waals surface area contributed by atoms with Gasteiger partial charge in [0, 0.05) is 26.2 Å². The highest BCUT2D eigenvalue weighted by Gasteiger charge is 2.41. The number of benzene rings is 1. The Morgan fingerprint density at radius 2 is 1.68 bits per heavy atom. The summed E-state index contributed by atoms with van der Waals surface area (Å²) in [7, 11) is 5.02. The number of rotatable bonds is 5. The molecule has 5 heteroatoms. The normalized spacial score (nSPS) is 31.3. The lowest BCUT2D eigenvalue weighted by molar-refractivity contribution is -0.189. The van der Waals surface area contributed by atoms with Gasteiger partial charge >= 0.3 is 0 Å². The molecule has 0 amide bonds. The monoisotopic (exact) mass is 284 g/mol. The van der Waals surface area contributed by atoms with Crippen LogP contribution in [0.1, 0.15) is 0 Å². The van der Waals surface area contributed by atoms with Crippen molar-refractivity contribution in [2.75, 3.05) is 27.9 Å². The van der Waals surface area contributed by atoms with Gasteiger partial charge in [0.05, 0.1) is 6.61 Å². The van der Waals surface area contributed by atoms with Crippen LogP contribution in [0.4, 0.5) is 0 Å². The molecule has 0 spiro atoms. The van der Waals surface area contributed by atoms with Gasteiger partial charge in [-0.15, -0.1) is 0 Å². The molecule has 2 rings (SSSR count). The molecule has 19 heavy (non-hydrogen) atoms. The maximum Gasteiger partial charge on any atom is 0.136 e. The van der Waals surface area contributed by atoms with E-state index in [-0.39, 0.29) is 23.7 Å². The smallest absolute Gasteiger partial charge is 0.136 e. The van der Waals surface area contributed by atoms with Crippen molar-refractivity contribution in [1.82, 2.24) is 0 Å². The Morgan fingerprint density at radius 1 is 1.00 bits per heavy atom. The average Bonchev–Trinajstić information content (AvgIpc) is 2.47. The van der Waals surface area contributed by atoms with E-state index in [9.17, 15) is 0 Å². The summed E-state index contributed by atoms with van der Waals surface area (Å²) in [6, 6.07) is 10.1. The highest BCUT2D eigenvalue weighted by atomic mass is 32.2. The topological polar surface area (TPSA) is 36.9 Å². The van der Waals surface area contributed by atoms with Crippen LogP contribution in [-0.4, -0.2) is 51.7 Å². The summed E-state index contributed by atoms with van der Waals surface area (Å²) in [5, 5.41) is 0. The summed E-state index contributed by atoms with van der Waals surface area (Å²) in [4.78, 5) is 1.15. The second-order valence-electron chi connectivity index (χ2n) is 4.31. The first-order valence-corrected chi connectivity index (χ1v) is 7.09. The minimum absolute atomic E-state index is 0.0938. The second-order valence-corrected chi connectivity index (χ2v) is 5.48. The predicted molar refractivity (Wildman–Crippen MR) is 74.4 cm³/mol. The molecule has 1 heterocycles. The lowest BCUT2D eigenvalue weighted by atomic mass is 10.1. The zero-order valence-electron chi connectivity index (χ0n) is 11.4. The van der Waals surface area contributed by atoms with Crippen LogP contribution < -0.4 is 0 Å². The van der Waals surface area contributed by atoms with E-state index in [0.717, 1.165) is 4.90 Å². The second kappa shape index (κ2) is 7.26. The van der Waals surface area contributed by atoms with Gasteiger partial charge in [-0.05, 0) is 12.1 Å². The summed E-state index contributed by atoms with van der Waals surface area (Å²) >= 11 is 1.65. The minimum atomic E-state index is -0.158. The first-order chi connectivity index (χ1) is 9.30. The van der Waals surface area contributed by atoms with E-state index in [4.69, 9.17) is 18.9 Å². The van der Waals surface area contributed by atoms with Gasteiger partial charge < -0.3 is 18.9 Å². The van der Waals surface area contributed by atoms with E-state index >= 15 is 0 Å². The van der Waals surface area contributed by atoms with Crippen LogP contribution in [0.15, 0.2) is 35.2 Å². The third-order valence-corrected chi connectivity index (χ3v) is 4.41. The van der Waals surface area contributed by atoms with Gasteiger partial charge in [0.15, 0.2) is 0 Å². The minimum Gasteiger partial charge on any atom is -0.376 e. The first-order valence-electron chi connectivity index (χ1n) is 6.21. The summed E-state index contributed by atoms with van der Waals surface area (Å²) in [5.74, 6) is 0. The highest BCUT2D eigenvalue weighted by molar-refractivity contribution is 7.99. The molecule has 0 aromatic heterocycles. The predicted octanol–water partition coefficient (Wildman–Crippen LogP) is 2.18. The van der Waals surface area contributed by atoms with E-state index in [1.165, 1.54) is 0 Å². The third kappa shape index (κ3) is 3.49. The molecule has 1 unspecified atom stereocenters. The van der Waals surface area contributed by atoms with Crippen LogP contribution >= 0.6 is 11.8 Å². The molecule has 1 aliphatic rings. The van der Waals surface area contributed by atoms with E-state index in [1.54, 1.807) is 33.1 Å². The summed E-state index contributed by atoms with van der Waals surface area (Å²) in [6.45, 7) is 0.513. The molecule has 106 valence electrons. The Balaban J connectivity index is 2.08. The van der Waals surface area contributed by atoms with E-state index in [0.29, 0.717) is 6.61 Å². The molecule has 1 aliphatic heterocycles. The summed E-state index contributed by atoms with van der Waals surface area (Å²) in [5.41, 5.74) is -0.0938. The standard InChI is InChI=1S/C14H20O4S/c1-15-11-9-18-14(13(17-3)12(11)16-2)19-10-7-5-4-6-8-10/h4-8,11-14H,9H2,1-3H3/t11-,12+,13-,14?/m1/s1. The van der Waals surface area contributed by atoms with Crippen LogP contribution in [0.5, 0.6) is 0 Å². The zero-order valence-corrected chi connectivity index (χ0v) is 12.3. The van der Waals surface area contributed by atoms with Gasteiger partial charge in [-0.1, -0.05) is 30.0 Å². The Bertz CT molecular complexity index is 373. The molecule has 1 saturated heterocycles. The van der Waals surface area contributed by atoms with Gasteiger partial charge in [-0.3, -0.25) is 0 Å². The molecular formula is C14H20O4S. The fourth-order valence-corrected chi connectivity index (χ4v) is 3.34. The Morgan fingerprint density at radius 3 is 2.26 bits per heavy atom. The molecule has 1 aromatic carbocycles. The van der Waals surface area contributed by atoms with E-state index in [2.05, 4.69) is 12.1 Å². The van der Waals surface area contributed by atoms with Gasteiger partial charge in [-0.25, -0.2) is 0 Å². The number of hydrogen-bond acceptors (Lipinski definition) is 5. The SMILES string of the molecule is CO[C@H]1[C@H](OC)COC(Sc2ccccc2)[C@@H]1OC. The van der Waals surface area contributed by atoms with Crippen molar-refractivity contribution in [3.05, 3.63) is 30.3 Å². The summed E-state index contributed by atoms with van der Waals surface area (Å²) in [6.07, 6.45) is -0.374. The van der Waals surface area contributed by atoms with Crippen LogP contribution in [-0.2, 0) is 18.9 Å². The quantitative estimate of drug-likeness (QED) is 0.828. The molecule has 4 nitrogen and oxygen atoms in total. The third-order valence-electron chi connectivity index (χ3n) is 3.23. The van der Waals surface area contributed by atoms with Gasteiger partial charge in [-0.2, -0.15) is 0 Å². The maximum absolute atomic E-state index is 5.85. The van der Waals surface area contributed by atoms with Gasteiger partial charge in [0.25, 0.3) is 0 Å². The molecule has 4 atom stereocenters. The fourth-order valence-electron chi connectivity index (χ4n) is 2.21. The molecule has 0 radical (unpaired) electrons. The highest BCUT2D eigenvalue weighted by Crippen LogP contribution is 2.33. The van der Waals surface area contributed by atoms with Crippen molar-refractivity contribution in [2.24, 2.45) is 0 Å². The van der Waals surface area contributed by atoms with Crippen molar-refractivity contribution >= 4 is 11.8 Å². The van der Waals surface area contributed by atoms with Crippen LogP contribution in [0, 0.1) is 0 Å². The van der Waals surface area contributed by atoms with E-state index in [1.807, 2.05) is 18.2 Å². The number of ether oxygens (including phenoxy) is 4. The average molecular weight is 284 g/mol. The molecule has 0 aliphatic carbocycles. The Kier molecular flexibility index (Phi) is 5.66. The lowest BCUT2D eigenvalue weighted by Crippen LogP contribution is -2.54. The molecule has 0 N–H and O–H groups in total. The number of thioether (sulfide) groups is 1. The van der Waals surface area contributed by atoms with Crippen molar-refractivity contribution < 1.29 is 18.9 Å². The maximum atomic E-state index is 5.85. The largest absolute Gasteiger partial charge is 0.376 e. The zero-order chi connectivity index (χ0) is 13.7. The lowest BCUT2D eigenvalue weighted by Gasteiger charge is -2.40. The van der Waals surface area contributed by atoms with Gasteiger partial charge in [0.1, 0.15) is 23.7 Å². The van der Waals surface area contributed by atoms with Gasteiger partial charge in [0.2, 0.25) is 0 Å². The Hall–Kier alpha value is -0.590. The molecule has 1 fully saturated rings. The fraction of sp³-hybridized carbons (Fsp3) is 0.571. The van der Waals surface area contributed by atoms with Crippen LogP contribution in [0.2, 0.25) is 0 Å². The van der Waals surface area contributed by atoms with Crippen molar-refractivity contribution in [2.45, 2.75) is 28.6 Å². The molecule has 0 saturated carbocycles. The van der Waals surface area contributed by atoms with Crippen LogP contribution in [0.25, 0.3) is 0 Å². The molecular weight excluding hydrogens is 264 g/mol. The molecule has 0 bridgehead atoms. The van der Waals surface area contributed by atoms with Crippen molar-refractivity contribution in [3.63, 3.8) is 0 Å². The van der Waals surface area contributed by atoms with Crippen LogP contribution in [0.3, 0.4) is 0 Å². The van der Waals surface area contributed by atoms with Crippen molar-refractivity contribution in [3.8, 4) is 0 Å². The molecule has 1 aromatic rings. The number of hydrogen-bond donors (Lipinski definition) is 0. The number of methoxy groups -OCH3 is 3. The van der Waals surface area contributed by atoms with Crippen molar-refractivity contribution in [1.29, 1.82) is 0 Å². The van der Waals surface area contributed by atoms with E-state index < -0.39 is 0 Å². The first kappa shape index (κ1) is 14.8. The summed E-state index contributed by atoms with van der Waals surface area (Å²) < 4.78 is 22.3.